The first-order chi connectivity index (χ1) is 15.7. The third-order valence-electron chi connectivity index (χ3n) is 6.38. The average molecular weight is 502 g/mol. The van der Waals surface area contributed by atoms with Crippen molar-refractivity contribution >= 4 is 46.4 Å². The highest BCUT2D eigenvalue weighted by atomic mass is 35.5. The molecular formula is C27H27Cl3N2O. The number of amides is 1. The Morgan fingerprint density at radius 3 is 2.15 bits per heavy atom. The quantitative estimate of drug-likeness (QED) is 0.377. The minimum Gasteiger partial charge on any atom is -0.360 e. The van der Waals surface area contributed by atoms with Crippen LogP contribution in [0.1, 0.15) is 33.9 Å². The Balaban J connectivity index is 1.62. The van der Waals surface area contributed by atoms with Gasteiger partial charge in [0.15, 0.2) is 0 Å². The van der Waals surface area contributed by atoms with Gasteiger partial charge in [0.25, 0.3) is 0 Å². The van der Waals surface area contributed by atoms with Crippen LogP contribution in [-0.4, -0.2) is 30.4 Å². The SMILES string of the molecule is Cc1cc(C)c(CC(=O)N2CCN(c3ccc(Cl)cc3Cl)C(c3ccc(Cl)cc3)C2)c(C)c1. The summed E-state index contributed by atoms with van der Waals surface area (Å²) in [5.74, 6) is 0.144. The number of halogens is 3. The molecule has 4 rings (SSSR count). The molecule has 1 amide bonds. The van der Waals surface area contributed by atoms with Crippen LogP contribution in [0.15, 0.2) is 54.6 Å². The van der Waals surface area contributed by atoms with Crippen LogP contribution in [0.4, 0.5) is 5.69 Å². The summed E-state index contributed by atoms with van der Waals surface area (Å²) in [7, 11) is 0. The van der Waals surface area contributed by atoms with Crippen LogP contribution in [0, 0.1) is 20.8 Å². The number of carbonyl (C=O) groups excluding carboxylic acids is 1. The van der Waals surface area contributed by atoms with Crippen molar-refractivity contribution in [2.24, 2.45) is 0 Å². The Kier molecular flexibility index (Phi) is 7.23. The molecule has 1 aliphatic heterocycles. The number of aryl methyl sites for hydroxylation is 3. The van der Waals surface area contributed by atoms with Crippen molar-refractivity contribution in [3.05, 3.63) is 97.5 Å². The second-order valence-corrected chi connectivity index (χ2v) is 10.0. The van der Waals surface area contributed by atoms with Gasteiger partial charge in [0.05, 0.1) is 23.2 Å². The van der Waals surface area contributed by atoms with E-state index in [9.17, 15) is 4.79 Å². The van der Waals surface area contributed by atoms with Crippen molar-refractivity contribution in [2.75, 3.05) is 24.5 Å². The maximum atomic E-state index is 13.4. The van der Waals surface area contributed by atoms with E-state index >= 15 is 0 Å². The maximum Gasteiger partial charge on any atom is 0.227 e. The molecule has 172 valence electrons. The molecule has 0 aromatic heterocycles. The first kappa shape index (κ1) is 23.9. The smallest absolute Gasteiger partial charge is 0.227 e. The van der Waals surface area contributed by atoms with E-state index in [4.69, 9.17) is 34.8 Å². The molecule has 1 unspecified atom stereocenters. The zero-order chi connectivity index (χ0) is 23.7. The molecular weight excluding hydrogens is 475 g/mol. The summed E-state index contributed by atoms with van der Waals surface area (Å²) in [6, 6.07) is 17.6. The van der Waals surface area contributed by atoms with Crippen molar-refractivity contribution in [1.82, 2.24) is 4.90 Å². The van der Waals surface area contributed by atoms with Crippen LogP contribution < -0.4 is 4.90 Å². The number of piperazine rings is 1. The molecule has 0 radical (unpaired) electrons. The second-order valence-electron chi connectivity index (χ2n) is 8.75. The van der Waals surface area contributed by atoms with Crippen molar-refractivity contribution in [2.45, 2.75) is 33.2 Å². The van der Waals surface area contributed by atoms with Crippen molar-refractivity contribution in [3.63, 3.8) is 0 Å². The number of benzene rings is 3. The number of carbonyl (C=O) groups is 1. The molecule has 1 atom stereocenters. The number of hydrogen-bond donors (Lipinski definition) is 0. The Hall–Kier alpha value is -2.20. The molecule has 1 fully saturated rings. The third kappa shape index (κ3) is 5.32. The number of anilines is 1. The summed E-state index contributed by atoms with van der Waals surface area (Å²) < 4.78 is 0. The van der Waals surface area contributed by atoms with E-state index in [1.807, 2.05) is 41.3 Å². The summed E-state index contributed by atoms with van der Waals surface area (Å²) in [5.41, 5.74) is 6.68. The summed E-state index contributed by atoms with van der Waals surface area (Å²) in [6.07, 6.45) is 0.410. The lowest BCUT2D eigenvalue weighted by Gasteiger charge is -2.43. The highest BCUT2D eigenvalue weighted by Crippen LogP contribution is 2.37. The van der Waals surface area contributed by atoms with Crippen molar-refractivity contribution < 1.29 is 4.79 Å². The van der Waals surface area contributed by atoms with Gasteiger partial charge in [0.2, 0.25) is 5.91 Å². The Bertz CT molecular complexity index is 1150. The number of rotatable bonds is 4. The monoisotopic (exact) mass is 500 g/mol. The zero-order valence-electron chi connectivity index (χ0n) is 19.0. The molecule has 1 saturated heterocycles. The molecule has 1 heterocycles. The van der Waals surface area contributed by atoms with E-state index in [1.54, 1.807) is 6.07 Å². The fraction of sp³-hybridized carbons (Fsp3) is 0.296. The fourth-order valence-electron chi connectivity index (χ4n) is 4.73. The van der Waals surface area contributed by atoms with Crippen molar-refractivity contribution in [1.29, 1.82) is 0 Å². The minimum atomic E-state index is -0.0427. The molecule has 33 heavy (non-hydrogen) atoms. The zero-order valence-corrected chi connectivity index (χ0v) is 21.3. The molecule has 0 spiro atoms. The molecule has 0 aliphatic carbocycles. The van der Waals surface area contributed by atoms with Crippen LogP contribution in [0.2, 0.25) is 15.1 Å². The van der Waals surface area contributed by atoms with Gasteiger partial charge in [0, 0.05) is 29.7 Å². The summed E-state index contributed by atoms with van der Waals surface area (Å²) in [4.78, 5) is 17.6. The summed E-state index contributed by atoms with van der Waals surface area (Å²) in [5, 5.41) is 1.89. The van der Waals surface area contributed by atoms with Gasteiger partial charge in [-0.05, 0) is 73.4 Å². The first-order valence-electron chi connectivity index (χ1n) is 11.0. The van der Waals surface area contributed by atoms with Gasteiger partial charge in [-0.3, -0.25) is 4.79 Å². The van der Waals surface area contributed by atoms with E-state index < -0.39 is 0 Å². The predicted octanol–water partition coefficient (Wildman–Crippen LogP) is 7.20. The fourth-order valence-corrected chi connectivity index (χ4v) is 5.38. The Morgan fingerprint density at radius 2 is 1.52 bits per heavy atom. The lowest BCUT2D eigenvalue weighted by atomic mass is 9.96. The Labute approximate surface area is 210 Å². The van der Waals surface area contributed by atoms with Gasteiger partial charge in [-0.25, -0.2) is 0 Å². The van der Waals surface area contributed by atoms with Crippen LogP contribution >= 0.6 is 34.8 Å². The molecule has 3 aromatic rings. The number of hydrogen-bond acceptors (Lipinski definition) is 2. The van der Waals surface area contributed by atoms with Gasteiger partial charge in [-0.15, -0.1) is 0 Å². The first-order valence-corrected chi connectivity index (χ1v) is 12.2. The highest BCUT2D eigenvalue weighted by molar-refractivity contribution is 6.36. The van der Waals surface area contributed by atoms with Gasteiger partial charge in [-0.2, -0.15) is 0 Å². The normalized spacial score (nSPS) is 16.2. The van der Waals surface area contributed by atoms with Crippen LogP contribution in [-0.2, 0) is 11.2 Å². The maximum absolute atomic E-state index is 13.4. The standard InChI is InChI=1S/C27H27Cl3N2O/c1-17-12-18(2)23(19(3)13-17)15-27(33)31-10-11-32(25-9-8-22(29)14-24(25)30)26(16-31)20-4-6-21(28)7-5-20/h4-9,12-14,26H,10-11,15-16H2,1-3H3. The molecule has 0 bridgehead atoms. The van der Waals surface area contributed by atoms with Crippen LogP contribution in [0.25, 0.3) is 0 Å². The number of nitrogens with zero attached hydrogens (tertiary/aromatic N) is 2. The van der Waals surface area contributed by atoms with Gasteiger partial charge in [-0.1, -0.05) is 64.6 Å². The topological polar surface area (TPSA) is 23.6 Å². The second kappa shape index (κ2) is 9.97. The van der Waals surface area contributed by atoms with Crippen LogP contribution in [0.5, 0.6) is 0 Å². The molecule has 3 aromatic carbocycles. The molecule has 3 nitrogen and oxygen atoms in total. The minimum absolute atomic E-state index is 0.0427. The molecule has 0 N–H and O–H groups in total. The summed E-state index contributed by atoms with van der Waals surface area (Å²) in [6.45, 7) is 8.13. The third-order valence-corrected chi connectivity index (χ3v) is 7.17. The van der Waals surface area contributed by atoms with E-state index in [1.165, 1.54) is 16.7 Å². The summed E-state index contributed by atoms with van der Waals surface area (Å²) >= 11 is 18.8. The van der Waals surface area contributed by atoms with E-state index in [0.717, 1.165) is 16.8 Å². The van der Waals surface area contributed by atoms with Gasteiger partial charge in [0.1, 0.15) is 0 Å². The highest BCUT2D eigenvalue weighted by Gasteiger charge is 2.32. The molecule has 0 saturated carbocycles. The van der Waals surface area contributed by atoms with Crippen LogP contribution in [0.3, 0.4) is 0 Å². The van der Waals surface area contributed by atoms with E-state index in [-0.39, 0.29) is 11.9 Å². The van der Waals surface area contributed by atoms with Gasteiger partial charge < -0.3 is 9.80 Å². The lowest BCUT2D eigenvalue weighted by Crippen LogP contribution is -2.51. The largest absolute Gasteiger partial charge is 0.360 e. The van der Waals surface area contributed by atoms with E-state index in [2.05, 4.69) is 37.8 Å². The molecule has 1 aliphatic rings. The van der Waals surface area contributed by atoms with Gasteiger partial charge >= 0.3 is 0 Å². The van der Waals surface area contributed by atoms with E-state index in [0.29, 0.717) is 41.1 Å². The lowest BCUT2D eigenvalue weighted by molar-refractivity contribution is -0.131. The average Bonchev–Trinajstić information content (AvgIpc) is 2.76. The predicted molar refractivity (Wildman–Crippen MR) is 139 cm³/mol. The Morgan fingerprint density at radius 1 is 0.879 bits per heavy atom. The molecule has 6 heteroatoms. The van der Waals surface area contributed by atoms with Crippen molar-refractivity contribution in [3.8, 4) is 0 Å².